The topological polar surface area (TPSA) is 45.0 Å². The number of hydrogen-bond acceptors (Lipinski definition) is 3. The molecule has 0 spiro atoms. The molecule has 0 amide bonds. The monoisotopic (exact) mass is 274 g/mol. The maximum atomic E-state index is 9.41. The van der Waals surface area contributed by atoms with Crippen molar-refractivity contribution in [2.45, 2.75) is 52.0 Å². The summed E-state index contributed by atoms with van der Waals surface area (Å²) < 4.78 is 5.79. The van der Waals surface area contributed by atoms with E-state index in [1.807, 2.05) is 31.2 Å². The SMILES string of the molecule is CCCNC(C#N)(CC)CCCOc1ccccc1C. The van der Waals surface area contributed by atoms with E-state index < -0.39 is 5.54 Å². The summed E-state index contributed by atoms with van der Waals surface area (Å²) in [6.07, 6.45) is 3.58. The van der Waals surface area contributed by atoms with Crippen LogP contribution in [0, 0.1) is 18.3 Å². The molecule has 1 rings (SSSR count). The molecule has 110 valence electrons. The van der Waals surface area contributed by atoms with Crippen LogP contribution in [0.2, 0.25) is 0 Å². The lowest BCUT2D eigenvalue weighted by molar-refractivity contribution is 0.275. The Morgan fingerprint density at radius 2 is 2.05 bits per heavy atom. The van der Waals surface area contributed by atoms with Crippen LogP contribution < -0.4 is 10.1 Å². The molecule has 0 bridgehead atoms. The van der Waals surface area contributed by atoms with Crippen LogP contribution in [0.5, 0.6) is 5.75 Å². The molecule has 0 aliphatic carbocycles. The third-order valence-electron chi connectivity index (χ3n) is 3.63. The molecule has 0 fully saturated rings. The predicted molar refractivity (Wildman–Crippen MR) is 82.8 cm³/mol. The second kappa shape index (κ2) is 8.60. The van der Waals surface area contributed by atoms with E-state index in [1.165, 1.54) is 0 Å². The number of hydrogen-bond donors (Lipinski definition) is 1. The largest absolute Gasteiger partial charge is 0.493 e. The Bertz CT molecular complexity index is 439. The van der Waals surface area contributed by atoms with Crippen molar-refractivity contribution < 1.29 is 4.74 Å². The molecule has 0 aliphatic heterocycles. The number of nitrogens with one attached hydrogen (secondary N) is 1. The van der Waals surface area contributed by atoms with Gasteiger partial charge in [-0.25, -0.2) is 0 Å². The standard InChI is InChI=1S/C17H26N2O/c1-4-12-19-17(5-2,14-18)11-8-13-20-16-10-7-6-9-15(16)3/h6-7,9-10,19H,4-5,8,11-13H2,1-3H3. The maximum absolute atomic E-state index is 9.41. The van der Waals surface area contributed by atoms with E-state index in [0.29, 0.717) is 6.61 Å². The van der Waals surface area contributed by atoms with Crippen molar-refractivity contribution >= 4 is 0 Å². The lowest BCUT2D eigenvalue weighted by Crippen LogP contribution is -2.44. The quantitative estimate of drug-likeness (QED) is 0.696. The minimum absolute atomic E-state index is 0.398. The van der Waals surface area contributed by atoms with Gasteiger partial charge in [0.2, 0.25) is 0 Å². The Labute approximate surface area is 123 Å². The van der Waals surface area contributed by atoms with Gasteiger partial charge in [0, 0.05) is 0 Å². The van der Waals surface area contributed by atoms with Gasteiger partial charge in [-0.3, -0.25) is 5.32 Å². The second-order valence-electron chi connectivity index (χ2n) is 5.19. The van der Waals surface area contributed by atoms with Crippen LogP contribution in [0.1, 0.15) is 45.1 Å². The summed E-state index contributed by atoms with van der Waals surface area (Å²) in [6, 6.07) is 10.5. The lowest BCUT2D eigenvalue weighted by atomic mass is 9.92. The number of aryl methyl sites for hydroxylation is 1. The predicted octanol–water partition coefficient (Wildman–Crippen LogP) is 3.83. The zero-order valence-corrected chi connectivity index (χ0v) is 12.9. The average molecular weight is 274 g/mol. The second-order valence-corrected chi connectivity index (χ2v) is 5.19. The van der Waals surface area contributed by atoms with Gasteiger partial charge in [0.1, 0.15) is 11.3 Å². The Hall–Kier alpha value is -1.53. The van der Waals surface area contributed by atoms with Crippen molar-refractivity contribution in [3.05, 3.63) is 29.8 Å². The molecule has 0 aliphatic rings. The Balaban J connectivity index is 2.42. The van der Waals surface area contributed by atoms with Crippen molar-refractivity contribution in [2.75, 3.05) is 13.2 Å². The summed E-state index contributed by atoms with van der Waals surface area (Å²) in [7, 11) is 0. The number of para-hydroxylation sites is 1. The van der Waals surface area contributed by atoms with E-state index in [4.69, 9.17) is 4.74 Å². The fourth-order valence-electron chi connectivity index (χ4n) is 2.20. The Morgan fingerprint density at radius 3 is 2.65 bits per heavy atom. The molecule has 0 heterocycles. The van der Waals surface area contributed by atoms with Gasteiger partial charge in [-0.1, -0.05) is 32.0 Å². The third kappa shape index (κ3) is 4.86. The van der Waals surface area contributed by atoms with Gasteiger partial charge in [-0.2, -0.15) is 5.26 Å². The summed E-state index contributed by atoms with van der Waals surface area (Å²) in [5, 5.41) is 12.8. The highest BCUT2D eigenvalue weighted by atomic mass is 16.5. The first-order chi connectivity index (χ1) is 9.67. The first-order valence-corrected chi connectivity index (χ1v) is 7.52. The summed E-state index contributed by atoms with van der Waals surface area (Å²) >= 11 is 0. The van der Waals surface area contributed by atoms with E-state index in [9.17, 15) is 5.26 Å². The van der Waals surface area contributed by atoms with Gasteiger partial charge >= 0.3 is 0 Å². The van der Waals surface area contributed by atoms with Gasteiger partial charge in [-0.05, 0) is 50.8 Å². The molecule has 1 unspecified atom stereocenters. The van der Waals surface area contributed by atoms with Crippen LogP contribution in [0.3, 0.4) is 0 Å². The molecule has 20 heavy (non-hydrogen) atoms. The van der Waals surface area contributed by atoms with Crippen molar-refractivity contribution in [3.8, 4) is 11.8 Å². The van der Waals surface area contributed by atoms with Crippen LogP contribution in [-0.2, 0) is 0 Å². The number of nitriles is 1. The molecule has 1 atom stereocenters. The molecule has 3 nitrogen and oxygen atoms in total. The molecular weight excluding hydrogens is 248 g/mol. The molecule has 1 aromatic carbocycles. The first-order valence-electron chi connectivity index (χ1n) is 7.52. The minimum atomic E-state index is -0.398. The zero-order chi connectivity index (χ0) is 14.8. The maximum Gasteiger partial charge on any atom is 0.122 e. The van der Waals surface area contributed by atoms with Gasteiger partial charge < -0.3 is 4.74 Å². The third-order valence-corrected chi connectivity index (χ3v) is 3.63. The molecule has 0 saturated heterocycles. The van der Waals surface area contributed by atoms with Crippen molar-refractivity contribution in [3.63, 3.8) is 0 Å². The average Bonchev–Trinajstić information content (AvgIpc) is 2.49. The summed E-state index contributed by atoms with van der Waals surface area (Å²) in [6.45, 7) is 7.77. The first kappa shape index (κ1) is 16.5. The molecule has 0 aromatic heterocycles. The lowest BCUT2D eigenvalue weighted by Gasteiger charge is -2.26. The summed E-state index contributed by atoms with van der Waals surface area (Å²) in [5.41, 5.74) is 0.754. The van der Waals surface area contributed by atoms with Gasteiger partial charge in [0.15, 0.2) is 0 Å². The van der Waals surface area contributed by atoms with Crippen LogP contribution in [-0.4, -0.2) is 18.7 Å². The van der Waals surface area contributed by atoms with Gasteiger partial charge in [0.25, 0.3) is 0 Å². The van der Waals surface area contributed by atoms with Gasteiger partial charge in [-0.15, -0.1) is 0 Å². The van der Waals surface area contributed by atoms with E-state index in [1.54, 1.807) is 0 Å². The molecule has 0 radical (unpaired) electrons. The number of ether oxygens (including phenoxy) is 1. The number of rotatable bonds is 9. The fourth-order valence-corrected chi connectivity index (χ4v) is 2.20. The molecule has 1 aromatic rings. The Morgan fingerprint density at radius 1 is 1.30 bits per heavy atom. The minimum Gasteiger partial charge on any atom is -0.493 e. The zero-order valence-electron chi connectivity index (χ0n) is 12.9. The molecule has 1 N–H and O–H groups in total. The Kier molecular flexibility index (Phi) is 7.11. The van der Waals surface area contributed by atoms with Crippen molar-refractivity contribution in [1.29, 1.82) is 5.26 Å². The highest BCUT2D eigenvalue weighted by Crippen LogP contribution is 2.19. The molecule has 3 heteroatoms. The van der Waals surface area contributed by atoms with E-state index >= 15 is 0 Å². The van der Waals surface area contributed by atoms with Crippen molar-refractivity contribution in [2.24, 2.45) is 0 Å². The molecular formula is C17H26N2O. The molecule has 0 saturated carbocycles. The highest BCUT2D eigenvalue weighted by Gasteiger charge is 2.26. The smallest absolute Gasteiger partial charge is 0.122 e. The number of benzene rings is 1. The van der Waals surface area contributed by atoms with Crippen LogP contribution in [0.4, 0.5) is 0 Å². The summed E-state index contributed by atoms with van der Waals surface area (Å²) in [5.74, 6) is 0.938. The van der Waals surface area contributed by atoms with Crippen molar-refractivity contribution in [1.82, 2.24) is 5.32 Å². The number of nitrogens with zero attached hydrogens (tertiary/aromatic N) is 1. The summed E-state index contributed by atoms with van der Waals surface area (Å²) in [4.78, 5) is 0. The van der Waals surface area contributed by atoms with Crippen LogP contribution in [0.15, 0.2) is 24.3 Å². The van der Waals surface area contributed by atoms with E-state index in [2.05, 4.69) is 25.2 Å². The fraction of sp³-hybridized carbons (Fsp3) is 0.588. The normalized spacial score (nSPS) is 13.5. The highest BCUT2D eigenvalue weighted by molar-refractivity contribution is 5.31. The van der Waals surface area contributed by atoms with E-state index in [0.717, 1.165) is 43.5 Å². The van der Waals surface area contributed by atoms with Gasteiger partial charge in [0.05, 0.1) is 12.7 Å². The van der Waals surface area contributed by atoms with Crippen LogP contribution in [0.25, 0.3) is 0 Å². The van der Waals surface area contributed by atoms with E-state index in [-0.39, 0.29) is 0 Å². The van der Waals surface area contributed by atoms with Crippen LogP contribution >= 0.6 is 0 Å².